The van der Waals surface area contributed by atoms with Gasteiger partial charge in [-0.2, -0.15) is 0 Å². The Morgan fingerprint density at radius 2 is 1.94 bits per heavy atom. The van der Waals surface area contributed by atoms with Crippen LogP contribution in [0.15, 0.2) is 76.2 Å². The number of likely N-dealkylation sites (N-methyl/N-ethyl adjacent to an activating group) is 1. The highest BCUT2D eigenvalue weighted by Gasteiger charge is 2.27. The maximum atomic E-state index is 5.13. The van der Waals surface area contributed by atoms with Gasteiger partial charge in [0.2, 0.25) is 0 Å². The van der Waals surface area contributed by atoms with E-state index in [0.29, 0.717) is 5.92 Å². The minimum absolute atomic E-state index is 0.586. The predicted molar refractivity (Wildman–Crippen MR) is 149 cm³/mol. The average molecular weight is 468 g/mol. The summed E-state index contributed by atoms with van der Waals surface area (Å²) < 4.78 is 0. The van der Waals surface area contributed by atoms with Crippen LogP contribution in [0.4, 0.5) is 0 Å². The molecule has 0 aromatic heterocycles. The third kappa shape index (κ3) is 5.02. The van der Waals surface area contributed by atoms with Crippen LogP contribution < -0.4 is 0 Å². The van der Waals surface area contributed by atoms with Gasteiger partial charge in [0, 0.05) is 25.0 Å². The van der Waals surface area contributed by atoms with E-state index in [2.05, 4.69) is 86.3 Å². The van der Waals surface area contributed by atoms with Gasteiger partial charge in [-0.25, -0.2) is 4.99 Å². The molecule has 184 valence electrons. The lowest BCUT2D eigenvalue weighted by atomic mass is 9.87. The van der Waals surface area contributed by atoms with Gasteiger partial charge in [0.25, 0.3) is 0 Å². The summed E-state index contributed by atoms with van der Waals surface area (Å²) in [5.74, 6) is 1.64. The molecule has 3 nitrogen and oxygen atoms in total. The van der Waals surface area contributed by atoms with Crippen LogP contribution in [0.25, 0.3) is 5.57 Å². The van der Waals surface area contributed by atoms with Gasteiger partial charge in [0.15, 0.2) is 0 Å². The lowest BCUT2D eigenvalue weighted by Crippen LogP contribution is -2.31. The van der Waals surface area contributed by atoms with Gasteiger partial charge in [-0.3, -0.25) is 0 Å². The first-order valence-corrected chi connectivity index (χ1v) is 13.8. The Bertz CT molecular complexity index is 1150. The van der Waals surface area contributed by atoms with E-state index in [-0.39, 0.29) is 0 Å². The van der Waals surface area contributed by atoms with Gasteiger partial charge < -0.3 is 9.80 Å². The van der Waals surface area contributed by atoms with E-state index in [4.69, 9.17) is 4.99 Å². The Balaban J connectivity index is 1.49. The summed E-state index contributed by atoms with van der Waals surface area (Å²) in [6, 6.07) is 7.18. The Morgan fingerprint density at radius 1 is 1.09 bits per heavy atom. The lowest BCUT2D eigenvalue weighted by molar-refractivity contribution is 0.360. The molecular weight excluding hydrogens is 426 g/mol. The SMILES string of the molecule is CCCCc1ccc(C2=CN3C(=NC(C4=CCN(C)CC4)=CC3=C3CCC3)C=C2)cc1C(C)CC. The summed E-state index contributed by atoms with van der Waals surface area (Å²) in [7, 11) is 2.19. The fourth-order valence-electron chi connectivity index (χ4n) is 5.40. The van der Waals surface area contributed by atoms with Crippen LogP contribution >= 0.6 is 0 Å². The summed E-state index contributed by atoms with van der Waals surface area (Å²) in [5.41, 5.74) is 11.2. The van der Waals surface area contributed by atoms with Crippen molar-refractivity contribution < 1.29 is 0 Å². The molecule has 1 aliphatic carbocycles. The predicted octanol–water partition coefficient (Wildman–Crippen LogP) is 7.75. The number of rotatable bonds is 7. The van der Waals surface area contributed by atoms with Crippen LogP contribution in [0.5, 0.6) is 0 Å². The van der Waals surface area contributed by atoms with Crippen molar-refractivity contribution in [2.24, 2.45) is 4.99 Å². The Morgan fingerprint density at radius 3 is 2.63 bits per heavy atom. The second kappa shape index (κ2) is 10.5. The lowest BCUT2D eigenvalue weighted by Gasteiger charge is -2.34. The second-order valence-electron chi connectivity index (χ2n) is 10.7. The zero-order valence-corrected chi connectivity index (χ0v) is 22.1. The number of unbranched alkanes of at least 4 members (excludes halogenated alkanes) is 1. The molecule has 4 aliphatic rings. The maximum absolute atomic E-state index is 5.13. The number of aliphatic imine (C=N–C) groups is 1. The van der Waals surface area contributed by atoms with Crippen molar-refractivity contribution in [2.75, 3.05) is 20.1 Å². The topological polar surface area (TPSA) is 18.8 Å². The number of benzene rings is 1. The number of nitrogens with zero attached hydrogens (tertiary/aromatic N) is 3. The third-order valence-electron chi connectivity index (χ3n) is 8.18. The molecule has 3 heteroatoms. The minimum Gasteiger partial charge on any atom is -0.302 e. The van der Waals surface area contributed by atoms with Crippen LogP contribution in [-0.4, -0.2) is 35.8 Å². The van der Waals surface area contributed by atoms with Crippen LogP contribution in [-0.2, 0) is 6.42 Å². The van der Waals surface area contributed by atoms with Gasteiger partial charge >= 0.3 is 0 Å². The average Bonchev–Trinajstić information content (AvgIpc) is 2.86. The number of aryl methyl sites for hydroxylation is 1. The highest BCUT2D eigenvalue weighted by Crippen LogP contribution is 2.38. The number of hydrogen-bond donors (Lipinski definition) is 0. The van der Waals surface area contributed by atoms with Crippen molar-refractivity contribution in [3.8, 4) is 0 Å². The first kappa shape index (κ1) is 24.1. The van der Waals surface area contributed by atoms with E-state index < -0.39 is 0 Å². The molecule has 1 unspecified atom stereocenters. The highest BCUT2D eigenvalue weighted by atomic mass is 15.2. The van der Waals surface area contributed by atoms with Crippen LogP contribution in [0.1, 0.15) is 88.3 Å². The van der Waals surface area contributed by atoms with Crippen molar-refractivity contribution in [2.45, 2.75) is 78.1 Å². The Kier molecular flexibility index (Phi) is 7.24. The van der Waals surface area contributed by atoms with Gasteiger partial charge in [0.05, 0.1) is 5.70 Å². The quantitative estimate of drug-likeness (QED) is 0.408. The number of fused-ring (bicyclic) bond motifs is 1. The van der Waals surface area contributed by atoms with Gasteiger partial charge in [-0.1, -0.05) is 51.5 Å². The van der Waals surface area contributed by atoms with Gasteiger partial charge in [-0.05, 0) is 110 Å². The molecule has 1 aromatic rings. The smallest absolute Gasteiger partial charge is 0.137 e. The van der Waals surface area contributed by atoms with Crippen molar-refractivity contribution >= 4 is 11.4 Å². The Hall–Kier alpha value is -2.65. The van der Waals surface area contributed by atoms with E-state index in [1.165, 1.54) is 84.2 Å². The molecule has 0 N–H and O–H groups in total. The molecule has 1 saturated carbocycles. The fourth-order valence-corrected chi connectivity index (χ4v) is 5.40. The summed E-state index contributed by atoms with van der Waals surface area (Å²) in [5, 5.41) is 0. The first-order chi connectivity index (χ1) is 17.1. The zero-order chi connectivity index (χ0) is 24.4. The molecule has 5 rings (SSSR count). The van der Waals surface area contributed by atoms with Crippen molar-refractivity contribution in [3.05, 3.63) is 87.9 Å². The number of allylic oxidation sites excluding steroid dienone is 5. The van der Waals surface area contributed by atoms with Crippen molar-refractivity contribution in [1.82, 2.24) is 9.80 Å². The molecule has 0 saturated heterocycles. The van der Waals surface area contributed by atoms with Crippen LogP contribution in [0, 0.1) is 0 Å². The standard InChI is InChI=1S/C32H41N3/c1-5-7-9-24-12-13-27(20-29(24)23(3)6-2)28-14-15-32-33-30(25-16-18-34(4)19-17-25)21-31(35(32)22-28)26-10-8-11-26/h12-16,20-23H,5-11,17-19H2,1-4H3. The summed E-state index contributed by atoms with van der Waals surface area (Å²) in [4.78, 5) is 9.86. The second-order valence-corrected chi connectivity index (χ2v) is 10.7. The maximum Gasteiger partial charge on any atom is 0.137 e. The Labute approximate surface area is 212 Å². The molecule has 3 aliphatic heterocycles. The van der Waals surface area contributed by atoms with Gasteiger partial charge in [-0.15, -0.1) is 0 Å². The van der Waals surface area contributed by atoms with Crippen molar-refractivity contribution in [1.29, 1.82) is 0 Å². The first-order valence-electron chi connectivity index (χ1n) is 13.8. The van der Waals surface area contributed by atoms with E-state index in [0.717, 1.165) is 25.3 Å². The van der Waals surface area contributed by atoms with E-state index in [1.54, 1.807) is 5.57 Å². The molecule has 35 heavy (non-hydrogen) atoms. The van der Waals surface area contributed by atoms with Crippen LogP contribution in [0.3, 0.4) is 0 Å². The normalized spacial score (nSPS) is 21.1. The van der Waals surface area contributed by atoms with E-state index >= 15 is 0 Å². The number of amidine groups is 1. The molecule has 0 radical (unpaired) electrons. The molecule has 1 aromatic carbocycles. The molecule has 1 atom stereocenters. The van der Waals surface area contributed by atoms with Crippen molar-refractivity contribution in [3.63, 3.8) is 0 Å². The summed E-state index contributed by atoms with van der Waals surface area (Å²) in [6.45, 7) is 9.08. The van der Waals surface area contributed by atoms with Crippen LogP contribution in [0.2, 0.25) is 0 Å². The van der Waals surface area contributed by atoms with E-state index in [1.807, 2.05) is 0 Å². The largest absolute Gasteiger partial charge is 0.302 e. The zero-order valence-electron chi connectivity index (χ0n) is 22.1. The highest BCUT2D eigenvalue weighted by molar-refractivity contribution is 6.02. The fraction of sp³-hybridized carbons (Fsp3) is 0.469. The van der Waals surface area contributed by atoms with E-state index in [9.17, 15) is 0 Å². The molecule has 0 bridgehead atoms. The summed E-state index contributed by atoms with van der Waals surface area (Å²) in [6.07, 6.45) is 21.2. The molecule has 3 heterocycles. The summed E-state index contributed by atoms with van der Waals surface area (Å²) >= 11 is 0. The monoisotopic (exact) mass is 467 g/mol. The molecule has 0 spiro atoms. The third-order valence-corrected chi connectivity index (χ3v) is 8.18. The molecule has 0 amide bonds. The minimum atomic E-state index is 0.586. The van der Waals surface area contributed by atoms with Gasteiger partial charge in [0.1, 0.15) is 5.84 Å². The number of hydrogen-bond acceptors (Lipinski definition) is 3. The molecule has 1 fully saturated rings. The molecular formula is C32H41N3.